The first-order valence-electron chi connectivity index (χ1n) is 0.783. The Bertz CT molecular complexity index is 59.2. The van der Waals surface area contributed by atoms with Crippen LogP contribution in [0.15, 0.2) is 0 Å². The third-order valence-electron chi connectivity index (χ3n) is 0. The van der Waals surface area contributed by atoms with Crippen molar-refractivity contribution >= 4 is 71.6 Å². The van der Waals surface area contributed by atoms with E-state index in [2.05, 4.69) is 0 Å². The van der Waals surface area contributed by atoms with Gasteiger partial charge in [0, 0.05) is 0 Å². The van der Waals surface area contributed by atoms with Gasteiger partial charge in [0.1, 0.15) is 0 Å². The molecule has 58 valence electrons. The molecule has 0 atom stereocenters. The zero-order valence-corrected chi connectivity index (χ0v) is 5.32. The maximum absolute atomic E-state index is 8.88. The second-order valence-corrected chi connectivity index (χ2v) is 1.54. The van der Waals surface area contributed by atoms with Crippen molar-refractivity contribution in [2.24, 2.45) is 0 Å². The van der Waals surface area contributed by atoms with Crippen molar-refractivity contribution in [2.45, 2.75) is 0 Å². The molecular formula is H9ClKO6P. The van der Waals surface area contributed by atoms with Crippen molar-refractivity contribution in [1.82, 2.24) is 0 Å². The zero-order chi connectivity index (χ0) is 4.50. The van der Waals surface area contributed by atoms with Crippen LogP contribution in [0.5, 0.6) is 0 Å². The fraction of sp³-hybridized carbons (Fsp3) is 0. The molecule has 0 rings (SSSR count). The summed E-state index contributed by atoms with van der Waals surface area (Å²) in [4.78, 5) is 21.6. The molecule has 6 nitrogen and oxygen atoms in total. The molecule has 0 heterocycles. The Morgan fingerprint density at radius 2 is 1.00 bits per heavy atom. The Balaban J connectivity index is -0.0000000133. The fourth-order valence-corrected chi connectivity index (χ4v) is 0. The van der Waals surface area contributed by atoms with Gasteiger partial charge < -0.3 is 25.6 Å². The molecule has 9 heteroatoms. The molecule has 0 aliphatic carbocycles. The predicted molar refractivity (Wildman–Crippen MR) is 35.9 cm³/mol. The second-order valence-electron chi connectivity index (χ2n) is 0.513. The van der Waals surface area contributed by atoms with E-state index in [-0.39, 0.29) is 74.7 Å². The van der Waals surface area contributed by atoms with E-state index in [4.69, 9.17) is 19.2 Å². The van der Waals surface area contributed by atoms with Crippen molar-refractivity contribution in [2.75, 3.05) is 0 Å². The number of hydrogen-bond donors (Lipinski definition) is 3. The summed E-state index contributed by atoms with van der Waals surface area (Å²) >= 11 is 0. The molecule has 0 spiro atoms. The number of halogens is 1. The molecule has 0 aliphatic heterocycles. The number of hydrogen-bond acceptors (Lipinski definition) is 1. The van der Waals surface area contributed by atoms with Crippen LogP contribution in [0.2, 0.25) is 0 Å². The first kappa shape index (κ1) is 30.6. The Hall–Kier alpha value is 1.96. The van der Waals surface area contributed by atoms with E-state index in [9.17, 15) is 0 Å². The predicted octanol–water partition coefficient (Wildman–Crippen LogP) is -2.80. The van der Waals surface area contributed by atoms with Crippen LogP contribution in [-0.4, -0.2) is 77.0 Å². The van der Waals surface area contributed by atoms with Crippen LogP contribution in [0.25, 0.3) is 0 Å². The van der Waals surface area contributed by atoms with Crippen molar-refractivity contribution in [3.05, 3.63) is 0 Å². The summed E-state index contributed by atoms with van der Waals surface area (Å²) in [6.07, 6.45) is 0. The van der Waals surface area contributed by atoms with Gasteiger partial charge in [0.2, 0.25) is 0 Å². The third kappa shape index (κ3) is 165. The summed E-state index contributed by atoms with van der Waals surface area (Å²) < 4.78 is 8.88. The van der Waals surface area contributed by atoms with Gasteiger partial charge in [-0.3, -0.25) is 0 Å². The van der Waals surface area contributed by atoms with Crippen molar-refractivity contribution in [3.8, 4) is 0 Å². The molecule has 0 bridgehead atoms. The van der Waals surface area contributed by atoms with Crippen LogP contribution in [-0.2, 0) is 4.57 Å². The summed E-state index contributed by atoms with van der Waals surface area (Å²) in [6, 6.07) is 0. The van der Waals surface area contributed by atoms with Gasteiger partial charge in [-0.1, -0.05) is 0 Å². The first-order chi connectivity index (χ1) is 2.00. The van der Waals surface area contributed by atoms with Crippen LogP contribution in [0.3, 0.4) is 0 Å². The van der Waals surface area contributed by atoms with Crippen LogP contribution in [0.4, 0.5) is 0 Å². The van der Waals surface area contributed by atoms with Gasteiger partial charge in [-0.05, 0) is 0 Å². The van der Waals surface area contributed by atoms with Gasteiger partial charge in [0.05, 0.1) is 0 Å². The maximum atomic E-state index is 8.88. The van der Waals surface area contributed by atoms with Gasteiger partial charge in [-0.25, -0.2) is 4.57 Å². The molecule has 7 N–H and O–H groups in total. The van der Waals surface area contributed by atoms with Gasteiger partial charge >= 0.3 is 59.2 Å². The monoisotopic (exact) mass is 210 g/mol. The van der Waals surface area contributed by atoms with Crippen LogP contribution >= 0.6 is 20.2 Å². The SMILES string of the molecule is Cl.O.O.O=P(O)(O)O.[KH]. The first-order valence-corrected chi connectivity index (χ1v) is 2.35. The minimum absolute atomic E-state index is 0. The molecule has 0 aromatic heterocycles. The summed E-state index contributed by atoms with van der Waals surface area (Å²) in [5.74, 6) is 0. The van der Waals surface area contributed by atoms with Gasteiger partial charge in [0.15, 0.2) is 0 Å². The molecule has 0 saturated carbocycles. The quantitative estimate of drug-likeness (QED) is 0.293. The van der Waals surface area contributed by atoms with Crippen LogP contribution in [0.1, 0.15) is 0 Å². The fourth-order valence-electron chi connectivity index (χ4n) is 0. The van der Waals surface area contributed by atoms with Gasteiger partial charge in [0.25, 0.3) is 0 Å². The molecule has 0 aromatic carbocycles. The van der Waals surface area contributed by atoms with E-state index in [0.29, 0.717) is 0 Å². The van der Waals surface area contributed by atoms with Crippen molar-refractivity contribution in [3.63, 3.8) is 0 Å². The molecule has 9 heavy (non-hydrogen) atoms. The van der Waals surface area contributed by atoms with E-state index in [1.165, 1.54) is 0 Å². The average Bonchev–Trinajstić information content (AvgIpc) is 0.722. The third-order valence-corrected chi connectivity index (χ3v) is 0. The summed E-state index contributed by atoms with van der Waals surface area (Å²) in [7, 11) is -4.64. The van der Waals surface area contributed by atoms with E-state index in [1.54, 1.807) is 0 Å². The van der Waals surface area contributed by atoms with Crippen LogP contribution in [0, 0.1) is 0 Å². The minimum atomic E-state index is -4.64. The Labute approximate surface area is 100 Å². The molecular weight excluding hydrogens is 202 g/mol. The second kappa shape index (κ2) is 12.6. The van der Waals surface area contributed by atoms with Gasteiger partial charge in [-0.15, -0.1) is 12.4 Å². The molecule has 0 radical (unpaired) electrons. The van der Waals surface area contributed by atoms with E-state index >= 15 is 0 Å². The number of phosphoric acid groups is 1. The Morgan fingerprint density at radius 1 is 1.00 bits per heavy atom. The number of rotatable bonds is 0. The molecule has 0 amide bonds. The molecule has 0 unspecified atom stereocenters. The van der Waals surface area contributed by atoms with Gasteiger partial charge in [-0.2, -0.15) is 0 Å². The van der Waals surface area contributed by atoms with Crippen molar-refractivity contribution < 1.29 is 30.2 Å². The van der Waals surface area contributed by atoms with Crippen molar-refractivity contribution in [1.29, 1.82) is 0 Å². The van der Waals surface area contributed by atoms with Crippen LogP contribution < -0.4 is 0 Å². The van der Waals surface area contributed by atoms with E-state index < -0.39 is 7.82 Å². The normalized spacial score (nSPS) is 6.56. The summed E-state index contributed by atoms with van der Waals surface area (Å²) in [5, 5.41) is 0. The Kier molecular flexibility index (Phi) is 42.9. The zero-order valence-electron chi connectivity index (χ0n) is 3.61. The standard InChI is InChI=1S/ClH.K.H3O4P.2H2O.H/c;;1-5(2,3)4;;;/h1H;;(H3,1,2,3,4);2*1H2;. The van der Waals surface area contributed by atoms with E-state index in [0.717, 1.165) is 0 Å². The molecule has 0 fully saturated rings. The molecule has 0 saturated heterocycles. The summed E-state index contributed by atoms with van der Waals surface area (Å²) in [6.45, 7) is 0. The molecule has 0 aromatic rings. The van der Waals surface area contributed by atoms with E-state index in [1.807, 2.05) is 0 Å². The topological polar surface area (TPSA) is 141 Å². The molecule has 0 aliphatic rings. The Morgan fingerprint density at radius 3 is 1.00 bits per heavy atom. The summed E-state index contributed by atoms with van der Waals surface area (Å²) in [5.41, 5.74) is 0. The average molecular weight is 211 g/mol.